The molecule has 0 aliphatic heterocycles. The van der Waals surface area contributed by atoms with Crippen LogP contribution >= 0.6 is 11.6 Å². The molecule has 0 bridgehead atoms. The predicted molar refractivity (Wildman–Crippen MR) is 67.4 cm³/mol. The van der Waals surface area contributed by atoms with Gasteiger partial charge >= 0.3 is 0 Å². The quantitative estimate of drug-likeness (QED) is 0.799. The zero-order chi connectivity index (χ0) is 13.0. The molecule has 1 aromatic heterocycles. The Hall–Kier alpha value is -1.20. The van der Waals surface area contributed by atoms with Crippen LogP contribution in [0.15, 0.2) is 12.1 Å². The number of carbonyl (C=O) groups excluding carboxylic acids is 1. The zero-order valence-electron chi connectivity index (χ0n) is 9.97. The van der Waals surface area contributed by atoms with Crippen LogP contribution in [0.4, 0.5) is 0 Å². The molecule has 0 aromatic carbocycles. The summed E-state index contributed by atoms with van der Waals surface area (Å²) in [5.41, 5.74) is 0.218. The minimum Gasteiger partial charge on any atom is -0.391 e. The second kappa shape index (κ2) is 6.11. The van der Waals surface area contributed by atoms with E-state index in [-0.39, 0.29) is 22.8 Å². The lowest BCUT2D eigenvalue weighted by Gasteiger charge is -2.21. The van der Waals surface area contributed by atoms with E-state index in [0.717, 1.165) is 32.1 Å². The van der Waals surface area contributed by atoms with Crippen molar-refractivity contribution in [2.24, 2.45) is 0 Å². The number of rotatable bonds is 2. The first kappa shape index (κ1) is 13.2. The number of halogens is 1. The van der Waals surface area contributed by atoms with Gasteiger partial charge in [0.2, 0.25) is 0 Å². The van der Waals surface area contributed by atoms with Crippen molar-refractivity contribution >= 4 is 17.5 Å². The van der Waals surface area contributed by atoms with Crippen LogP contribution in [0.2, 0.25) is 5.15 Å². The van der Waals surface area contributed by atoms with Crippen LogP contribution < -0.4 is 5.32 Å². The number of nitrogens with zero attached hydrogens (tertiary/aromatic N) is 2. The molecular formula is C12H16ClN3O2. The fraction of sp³-hybridized carbons (Fsp3) is 0.583. The lowest BCUT2D eigenvalue weighted by atomic mass is 10.1. The Bertz CT molecular complexity index is 410. The highest BCUT2D eigenvalue weighted by Gasteiger charge is 2.24. The third kappa shape index (κ3) is 3.40. The number of amides is 1. The summed E-state index contributed by atoms with van der Waals surface area (Å²) in [5.74, 6) is -0.315. The third-order valence-electron chi connectivity index (χ3n) is 3.16. The number of aliphatic hydroxyl groups excluding tert-OH is 1. The molecule has 5 nitrogen and oxygen atoms in total. The van der Waals surface area contributed by atoms with Crippen molar-refractivity contribution in [2.75, 3.05) is 0 Å². The number of hydrogen-bond acceptors (Lipinski definition) is 4. The molecule has 1 aliphatic rings. The van der Waals surface area contributed by atoms with Crippen molar-refractivity contribution in [3.05, 3.63) is 23.0 Å². The maximum absolute atomic E-state index is 11.9. The van der Waals surface area contributed by atoms with Gasteiger partial charge in [0.15, 0.2) is 10.8 Å². The van der Waals surface area contributed by atoms with Crippen LogP contribution in [0, 0.1) is 0 Å². The highest BCUT2D eigenvalue weighted by Crippen LogP contribution is 2.18. The normalized spacial score (nSPS) is 24.3. The molecule has 2 N–H and O–H groups in total. The van der Waals surface area contributed by atoms with Crippen molar-refractivity contribution in [1.29, 1.82) is 0 Å². The molecule has 98 valence electrons. The Morgan fingerprint density at radius 3 is 2.78 bits per heavy atom. The topological polar surface area (TPSA) is 75.1 Å². The van der Waals surface area contributed by atoms with E-state index in [2.05, 4.69) is 15.5 Å². The van der Waals surface area contributed by atoms with E-state index >= 15 is 0 Å². The van der Waals surface area contributed by atoms with Crippen LogP contribution in [0.5, 0.6) is 0 Å². The smallest absolute Gasteiger partial charge is 0.272 e. The molecular weight excluding hydrogens is 254 g/mol. The monoisotopic (exact) mass is 269 g/mol. The van der Waals surface area contributed by atoms with Crippen molar-refractivity contribution < 1.29 is 9.90 Å². The largest absolute Gasteiger partial charge is 0.391 e. The molecule has 0 radical (unpaired) electrons. The average molecular weight is 270 g/mol. The Balaban J connectivity index is 1.99. The van der Waals surface area contributed by atoms with Crippen LogP contribution in [-0.2, 0) is 0 Å². The minimum atomic E-state index is -0.475. The van der Waals surface area contributed by atoms with E-state index < -0.39 is 6.10 Å². The Labute approximate surface area is 111 Å². The van der Waals surface area contributed by atoms with Crippen LogP contribution in [0.1, 0.15) is 42.6 Å². The summed E-state index contributed by atoms with van der Waals surface area (Å²) in [6.45, 7) is 0. The number of carbonyl (C=O) groups is 1. The first-order chi connectivity index (χ1) is 8.66. The van der Waals surface area contributed by atoms with Gasteiger partial charge in [-0.15, -0.1) is 10.2 Å². The number of aliphatic hydroxyl groups is 1. The van der Waals surface area contributed by atoms with Gasteiger partial charge in [0.25, 0.3) is 5.91 Å². The average Bonchev–Trinajstić information content (AvgIpc) is 2.56. The fourth-order valence-corrected chi connectivity index (χ4v) is 2.24. The third-order valence-corrected chi connectivity index (χ3v) is 3.36. The molecule has 1 fully saturated rings. The molecule has 1 amide bonds. The van der Waals surface area contributed by atoms with Gasteiger partial charge in [-0.3, -0.25) is 4.79 Å². The van der Waals surface area contributed by atoms with Gasteiger partial charge < -0.3 is 10.4 Å². The Morgan fingerprint density at radius 1 is 1.28 bits per heavy atom. The summed E-state index contributed by atoms with van der Waals surface area (Å²) < 4.78 is 0. The predicted octanol–water partition coefficient (Wildman–Crippen LogP) is 1.55. The summed E-state index contributed by atoms with van der Waals surface area (Å²) >= 11 is 5.61. The van der Waals surface area contributed by atoms with Gasteiger partial charge in [-0.25, -0.2) is 0 Å². The maximum Gasteiger partial charge on any atom is 0.272 e. The van der Waals surface area contributed by atoms with Gasteiger partial charge in [0.05, 0.1) is 12.1 Å². The van der Waals surface area contributed by atoms with Gasteiger partial charge in [-0.2, -0.15) is 0 Å². The molecule has 0 spiro atoms. The lowest BCUT2D eigenvalue weighted by molar-refractivity contribution is 0.0813. The van der Waals surface area contributed by atoms with Gasteiger partial charge in [-0.05, 0) is 25.0 Å². The van der Waals surface area contributed by atoms with Crippen LogP contribution in [-0.4, -0.2) is 33.4 Å². The van der Waals surface area contributed by atoms with Gasteiger partial charge in [-0.1, -0.05) is 30.9 Å². The van der Waals surface area contributed by atoms with E-state index in [0.29, 0.717) is 0 Å². The van der Waals surface area contributed by atoms with Crippen LogP contribution in [0.25, 0.3) is 0 Å². The van der Waals surface area contributed by atoms with Crippen molar-refractivity contribution in [2.45, 2.75) is 44.2 Å². The number of aromatic nitrogens is 2. The van der Waals surface area contributed by atoms with Gasteiger partial charge in [0.1, 0.15) is 0 Å². The van der Waals surface area contributed by atoms with Crippen molar-refractivity contribution in [3.63, 3.8) is 0 Å². The second-order valence-electron chi connectivity index (χ2n) is 4.53. The molecule has 1 heterocycles. The molecule has 1 saturated carbocycles. The van der Waals surface area contributed by atoms with Crippen molar-refractivity contribution in [1.82, 2.24) is 15.5 Å². The number of hydrogen-bond donors (Lipinski definition) is 2. The van der Waals surface area contributed by atoms with Gasteiger partial charge in [0, 0.05) is 0 Å². The Morgan fingerprint density at radius 2 is 2.06 bits per heavy atom. The summed E-state index contributed by atoms with van der Waals surface area (Å²) in [4.78, 5) is 11.9. The molecule has 6 heteroatoms. The SMILES string of the molecule is O=C(NC1CCCCCC1O)c1ccc(Cl)nn1. The first-order valence-electron chi connectivity index (χ1n) is 6.15. The molecule has 1 aromatic rings. The van der Waals surface area contributed by atoms with E-state index in [1.807, 2.05) is 0 Å². The molecule has 1 aliphatic carbocycles. The first-order valence-corrected chi connectivity index (χ1v) is 6.53. The molecule has 2 rings (SSSR count). The van der Waals surface area contributed by atoms with Crippen molar-refractivity contribution in [3.8, 4) is 0 Å². The summed E-state index contributed by atoms with van der Waals surface area (Å²) in [6.07, 6.45) is 4.19. The number of nitrogens with one attached hydrogen (secondary N) is 1. The summed E-state index contributed by atoms with van der Waals surface area (Å²) in [6, 6.07) is 2.85. The van der Waals surface area contributed by atoms with E-state index in [9.17, 15) is 9.90 Å². The maximum atomic E-state index is 11.9. The van der Waals surface area contributed by atoms with Crippen LogP contribution in [0.3, 0.4) is 0 Å². The van der Waals surface area contributed by atoms with E-state index in [4.69, 9.17) is 11.6 Å². The summed E-state index contributed by atoms with van der Waals surface area (Å²) in [7, 11) is 0. The molecule has 0 saturated heterocycles. The standard InChI is InChI=1S/C12H16ClN3O2/c13-11-7-6-9(15-16-11)12(18)14-8-4-2-1-3-5-10(8)17/h6-8,10,17H,1-5H2,(H,14,18). The molecule has 2 unspecified atom stereocenters. The Kier molecular flexibility index (Phi) is 4.49. The molecule has 18 heavy (non-hydrogen) atoms. The summed E-state index contributed by atoms with van der Waals surface area (Å²) in [5, 5.41) is 20.3. The highest BCUT2D eigenvalue weighted by molar-refractivity contribution is 6.29. The lowest BCUT2D eigenvalue weighted by Crippen LogP contribution is -2.43. The zero-order valence-corrected chi connectivity index (χ0v) is 10.7. The van der Waals surface area contributed by atoms with E-state index in [1.54, 1.807) is 0 Å². The highest BCUT2D eigenvalue weighted by atomic mass is 35.5. The van der Waals surface area contributed by atoms with E-state index in [1.165, 1.54) is 12.1 Å². The fourth-order valence-electron chi connectivity index (χ4n) is 2.14. The molecule has 2 atom stereocenters. The second-order valence-corrected chi connectivity index (χ2v) is 4.91. The minimum absolute atomic E-state index is 0.197.